The molecule has 0 aliphatic heterocycles. The van der Waals surface area contributed by atoms with Crippen LogP contribution in [0.2, 0.25) is 0 Å². The molecule has 3 aliphatic carbocycles. The number of rotatable bonds is 2. The summed E-state index contributed by atoms with van der Waals surface area (Å²) in [4.78, 5) is 12.9. The minimum atomic E-state index is -0.908. The van der Waals surface area contributed by atoms with Crippen molar-refractivity contribution in [3.63, 3.8) is 0 Å². The van der Waals surface area contributed by atoms with Crippen LogP contribution in [0.25, 0.3) is 11.1 Å². The zero-order chi connectivity index (χ0) is 15.6. The van der Waals surface area contributed by atoms with Crippen LogP contribution in [-0.2, 0) is 5.41 Å². The molecule has 0 unspecified atom stereocenters. The molecule has 22 heavy (non-hydrogen) atoms. The van der Waals surface area contributed by atoms with E-state index in [1.807, 2.05) is 6.07 Å². The van der Waals surface area contributed by atoms with Crippen LogP contribution in [0.5, 0.6) is 0 Å². The van der Waals surface area contributed by atoms with Crippen LogP contribution in [0.3, 0.4) is 0 Å². The molecule has 1 aromatic heterocycles. The standard InChI is InChI=1S/C17H14BrFO2S/c1-2-17-6-8(7-17)14-12(13(18)15(22-14)16(20)21)10-4-3-9(19)5-11(10)17/h3-5,8H,2,6-7H2,1H3,(H,20,21). The van der Waals surface area contributed by atoms with E-state index in [4.69, 9.17) is 0 Å². The number of hydrogen-bond donors (Lipinski definition) is 1. The number of benzene rings is 1. The van der Waals surface area contributed by atoms with Gasteiger partial charge in [0.1, 0.15) is 10.7 Å². The fourth-order valence-electron chi connectivity index (χ4n) is 4.04. The number of thiophene rings is 1. The molecule has 2 bridgehead atoms. The van der Waals surface area contributed by atoms with Gasteiger partial charge in [0.2, 0.25) is 0 Å². The molecule has 1 fully saturated rings. The maximum Gasteiger partial charge on any atom is 0.347 e. The molecule has 1 aromatic carbocycles. The second-order valence-electron chi connectivity index (χ2n) is 6.22. The third-order valence-electron chi connectivity index (χ3n) is 5.22. The van der Waals surface area contributed by atoms with Crippen molar-refractivity contribution >= 4 is 33.2 Å². The number of carbonyl (C=O) groups is 1. The molecular weight excluding hydrogens is 367 g/mol. The lowest BCUT2D eigenvalue weighted by atomic mass is 9.58. The minimum absolute atomic E-state index is 0.0453. The van der Waals surface area contributed by atoms with Crippen LogP contribution in [0, 0.1) is 5.82 Å². The highest BCUT2D eigenvalue weighted by Gasteiger charge is 2.50. The normalized spacial score (nSPS) is 25.0. The molecule has 2 nitrogen and oxygen atoms in total. The molecule has 5 rings (SSSR count). The SMILES string of the molecule is CCC12CC(C1)c1sc(C(=O)O)c(Br)c1-c1ccc(F)cc12. The lowest BCUT2D eigenvalue weighted by Gasteiger charge is -2.46. The molecule has 0 radical (unpaired) electrons. The van der Waals surface area contributed by atoms with Crippen LogP contribution in [0.4, 0.5) is 4.39 Å². The molecule has 0 saturated heterocycles. The first-order valence-electron chi connectivity index (χ1n) is 7.32. The van der Waals surface area contributed by atoms with Crippen molar-refractivity contribution in [3.05, 3.63) is 43.8 Å². The number of carboxylic acids is 1. The summed E-state index contributed by atoms with van der Waals surface area (Å²) in [6.45, 7) is 2.15. The smallest absolute Gasteiger partial charge is 0.347 e. The van der Waals surface area contributed by atoms with Gasteiger partial charge in [0.05, 0.1) is 4.47 Å². The van der Waals surface area contributed by atoms with E-state index in [-0.39, 0.29) is 11.2 Å². The third kappa shape index (κ3) is 1.72. The van der Waals surface area contributed by atoms with Crippen molar-refractivity contribution in [1.82, 2.24) is 0 Å². The van der Waals surface area contributed by atoms with Gasteiger partial charge >= 0.3 is 5.97 Å². The number of aromatic carboxylic acids is 1. The summed E-state index contributed by atoms with van der Waals surface area (Å²) in [5.41, 5.74) is 3.05. The van der Waals surface area contributed by atoms with Crippen molar-refractivity contribution in [1.29, 1.82) is 0 Å². The van der Waals surface area contributed by atoms with Gasteiger partial charge < -0.3 is 5.11 Å². The quantitative estimate of drug-likeness (QED) is 0.740. The second-order valence-corrected chi connectivity index (χ2v) is 8.06. The molecule has 5 heteroatoms. The Bertz CT molecular complexity index is 805. The molecule has 0 atom stereocenters. The molecular formula is C17H14BrFO2S. The maximum atomic E-state index is 13.8. The van der Waals surface area contributed by atoms with E-state index >= 15 is 0 Å². The Morgan fingerprint density at radius 1 is 1.50 bits per heavy atom. The number of halogens is 2. The first-order valence-corrected chi connectivity index (χ1v) is 8.93. The number of hydrogen-bond acceptors (Lipinski definition) is 2. The summed E-state index contributed by atoms with van der Waals surface area (Å²) < 4.78 is 14.5. The first kappa shape index (κ1) is 14.4. The van der Waals surface area contributed by atoms with Gasteiger partial charge in [-0.05, 0) is 69.8 Å². The Morgan fingerprint density at radius 2 is 2.23 bits per heavy atom. The van der Waals surface area contributed by atoms with E-state index in [9.17, 15) is 14.3 Å². The minimum Gasteiger partial charge on any atom is -0.477 e. The molecule has 0 amide bonds. The van der Waals surface area contributed by atoms with Crippen molar-refractivity contribution in [3.8, 4) is 11.1 Å². The lowest BCUT2D eigenvalue weighted by molar-refractivity contribution is 0.0701. The highest BCUT2D eigenvalue weighted by atomic mass is 79.9. The van der Waals surface area contributed by atoms with Crippen LogP contribution in [0.1, 0.15) is 52.2 Å². The summed E-state index contributed by atoms with van der Waals surface area (Å²) in [6.07, 6.45) is 2.95. The average Bonchev–Trinajstić information content (AvgIpc) is 2.66. The summed E-state index contributed by atoms with van der Waals surface area (Å²) in [6, 6.07) is 4.93. The van der Waals surface area contributed by atoms with Gasteiger partial charge in [0.15, 0.2) is 0 Å². The van der Waals surface area contributed by atoms with Crippen LogP contribution < -0.4 is 0 Å². The second kappa shape index (κ2) is 4.65. The van der Waals surface area contributed by atoms with Gasteiger partial charge in [-0.25, -0.2) is 9.18 Å². The van der Waals surface area contributed by atoms with Crippen molar-refractivity contribution in [2.24, 2.45) is 0 Å². The van der Waals surface area contributed by atoms with E-state index in [2.05, 4.69) is 22.9 Å². The Labute approximate surface area is 140 Å². The first-order chi connectivity index (χ1) is 10.5. The lowest BCUT2D eigenvalue weighted by Crippen LogP contribution is -2.38. The van der Waals surface area contributed by atoms with E-state index in [0.29, 0.717) is 15.3 Å². The van der Waals surface area contributed by atoms with Crippen molar-refractivity contribution in [2.45, 2.75) is 37.5 Å². The largest absolute Gasteiger partial charge is 0.477 e. The Balaban J connectivity index is 2.05. The highest BCUT2D eigenvalue weighted by molar-refractivity contribution is 9.10. The Hall–Kier alpha value is -1.20. The molecule has 1 N–H and O–H groups in total. The fourth-order valence-corrected chi connectivity index (χ4v) is 6.16. The molecule has 1 saturated carbocycles. The average molecular weight is 381 g/mol. The summed E-state index contributed by atoms with van der Waals surface area (Å²) in [5.74, 6) is -0.738. The van der Waals surface area contributed by atoms with Gasteiger partial charge in [-0.3, -0.25) is 0 Å². The molecule has 0 spiro atoms. The fraction of sp³-hybridized carbons (Fsp3) is 0.353. The Morgan fingerprint density at radius 3 is 2.86 bits per heavy atom. The highest BCUT2D eigenvalue weighted by Crippen LogP contribution is 2.63. The van der Waals surface area contributed by atoms with Gasteiger partial charge in [-0.2, -0.15) is 0 Å². The monoisotopic (exact) mass is 380 g/mol. The maximum absolute atomic E-state index is 13.8. The van der Waals surface area contributed by atoms with Crippen molar-refractivity contribution < 1.29 is 14.3 Å². The van der Waals surface area contributed by atoms with Crippen LogP contribution in [-0.4, -0.2) is 11.1 Å². The van der Waals surface area contributed by atoms with E-state index < -0.39 is 5.97 Å². The molecule has 114 valence electrons. The molecule has 1 heterocycles. The van der Waals surface area contributed by atoms with E-state index in [1.54, 1.807) is 6.07 Å². The summed E-state index contributed by atoms with van der Waals surface area (Å²) >= 11 is 4.85. The summed E-state index contributed by atoms with van der Waals surface area (Å²) in [5, 5.41) is 9.39. The predicted molar refractivity (Wildman–Crippen MR) is 88.3 cm³/mol. The third-order valence-corrected chi connectivity index (χ3v) is 7.61. The molecule has 3 aliphatic rings. The van der Waals surface area contributed by atoms with Crippen molar-refractivity contribution in [2.75, 3.05) is 0 Å². The number of carboxylic acid groups (broad SMARTS) is 1. The topological polar surface area (TPSA) is 37.3 Å². The predicted octanol–water partition coefficient (Wildman–Crippen LogP) is 5.55. The Kier molecular flexibility index (Phi) is 3.04. The molecule has 2 aromatic rings. The zero-order valence-corrected chi connectivity index (χ0v) is 14.4. The van der Waals surface area contributed by atoms with Crippen LogP contribution in [0.15, 0.2) is 22.7 Å². The van der Waals surface area contributed by atoms with E-state index in [0.717, 1.165) is 40.8 Å². The summed E-state index contributed by atoms with van der Waals surface area (Å²) in [7, 11) is 0. The van der Waals surface area contributed by atoms with E-state index in [1.165, 1.54) is 17.4 Å². The van der Waals surface area contributed by atoms with Crippen LogP contribution >= 0.6 is 27.3 Å². The zero-order valence-electron chi connectivity index (χ0n) is 12.0. The van der Waals surface area contributed by atoms with Gasteiger partial charge in [-0.1, -0.05) is 13.0 Å². The van der Waals surface area contributed by atoms with Gasteiger partial charge in [0.25, 0.3) is 0 Å². The van der Waals surface area contributed by atoms with Gasteiger partial charge in [0, 0.05) is 10.4 Å². The van der Waals surface area contributed by atoms with Gasteiger partial charge in [-0.15, -0.1) is 11.3 Å².